The second-order valence-electron chi connectivity index (χ2n) is 8.78. The van der Waals surface area contributed by atoms with Crippen LogP contribution in [0.15, 0.2) is 82.9 Å². The molecular formula is C26H26N2O3S. The molecule has 1 fully saturated rings. The van der Waals surface area contributed by atoms with Gasteiger partial charge in [0, 0.05) is 24.6 Å². The average molecular weight is 447 g/mol. The number of carboxylic acids is 1. The van der Waals surface area contributed by atoms with Gasteiger partial charge in [0.05, 0.1) is 5.37 Å². The molecular weight excluding hydrogens is 420 g/mol. The second kappa shape index (κ2) is 8.89. The zero-order chi connectivity index (χ0) is 22.1. The molecule has 2 aliphatic heterocycles. The smallest absolute Gasteiger partial charge is 0.341 e. The summed E-state index contributed by atoms with van der Waals surface area (Å²) in [6.07, 6.45) is 14.6. The maximum Gasteiger partial charge on any atom is 0.341 e. The van der Waals surface area contributed by atoms with Crippen LogP contribution in [0.3, 0.4) is 0 Å². The van der Waals surface area contributed by atoms with Gasteiger partial charge in [-0.15, -0.1) is 0 Å². The number of thioether (sulfide) groups is 1. The minimum atomic E-state index is -1.21. The Hall–Kier alpha value is -2.95. The monoisotopic (exact) mass is 446 g/mol. The van der Waals surface area contributed by atoms with Crippen molar-refractivity contribution in [2.24, 2.45) is 11.8 Å². The normalized spacial score (nSPS) is 26.6. The first-order valence-electron chi connectivity index (χ1n) is 11.2. The maximum atomic E-state index is 12.9. The Morgan fingerprint density at radius 3 is 2.69 bits per heavy atom. The molecule has 3 unspecified atom stereocenters. The van der Waals surface area contributed by atoms with Crippen LogP contribution in [0.5, 0.6) is 0 Å². The molecule has 0 aromatic heterocycles. The molecule has 2 heterocycles. The third kappa shape index (κ3) is 4.47. The standard InChI is InChI=1S/C26H26N2O3S/c29-25-21(26(30)31)16-28(24-14-22(25)27-23(32-24)13-12-17-10-11-17)15-19-8-4-5-9-20(19)18-6-2-1-3-7-18/h1-9,16-17,19-20,23,27H,10-13,15H2,(H,30,31). The molecule has 2 bridgehead atoms. The predicted molar refractivity (Wildman–Crippen MR) is 125 cm³/mol. The van der Waals surface area contributed by atoms with E-state index in [9.17, 15) is 14.7 Å². The third-order valence-corrected chi connectivity index (χ3v) is 7.61. The van der Waals surface area contributed by atoms with Gasteiger partial charge in [0.25, 0.3) is 0 Å². The van der Waals surface area contributed by atoms with Crippen molar-refractivity contribution in [3.8, 4) is 0 Å². The average Bonchev–Trinajstić information content (AvgIpc) is 3.65. The number of Topliss-reactive ketones (excluding diaryl/α,β-unsaturated/α-hetero) is 1. The zero-order valence-electron chi connectivity index (χ0n) is 17.7. The first kappa shape index (κ1) is 20.9. The Bertz CT molecular complexity index is 1080. The van der Waals surface area contributed by atoms with Crippen molar-refractivity contribution in [3.05, 3.63) is 88.4 Å². The Morgan fingerprint density at radius 2 is 1.94 bits per heavy atom. The summed E-state index contributed by atoms with van der Waals surface area (Å²) in [5.74, 6) is -0.576. The molecule has 1 saturated carbocycles. The van der Waals surface area contributed by atoms with Crippen molar-refractivity contribution in [3.63, 3.8) is 0 Å². The van der Waals surface area contributed by atoms with Crippen LogP contribution in [0.25, 0.3) is 0 Å². The van der Waals surface area contributed by atoms with Gasteiger partial charge in [-0.05, 0) is 24.3 Å². The largest absolute Gasteiger partial charge is 0.477 e. The molecule has 3 atom stereocenters. The Balaban J connectivity index is 1.43. The highest BCUT2D eigenvalue weighted by Gasteiger charge is 2.34. The highest BCUT2D eigenvalue weighted by atomic mass is 32.2. The quantitative estimate of drug-likeness (QED) is 0.473. The van der Waals surface area contributed by atoms with E-state index in [0.29, 0.717) is 6.54 Å². The maximum absolute atomic E-state index is 12.9. The number of allylic oxidation sites excluding steroid dienone is 4. The highest BCUT2D eigenvalue weighted by Crippen LogP contribution is 2.40. The topological polar surface area (TPSA) is 69.6 Å². The van der Waals surface area contributed by atoms with E-state index in [-0.39, 0.29) is 28.5 Å². The van der Waals surface area contributed by atoms with E-state index < -0.39 is 11.8 Å². The molecule has 5 nitrogen and oxygen atoms in total. The summed E-state index contributed by atoms with van der Waals surface area (Å²) in [6, 6.07) is 10.3. The van der Waals surface area contributed by atoms with Crippen LogP contribution < -0.4 is 5.32 Å². The number of aliphatic carboxylic acids is 1. The molecule has 2 aliphatic carbocycles. The van der Waals surface area contributed by atoms with E-state index in [0.717, 1.165) is 23.8 Å². The van der Waals surface area contributed by atoms with Crippen molar-refractivity contribution in [2.75, 3.05) is 6.54 Å². The molecule has 32 heavy (non-hydrogen) atoms. The van der Waals surface area contributed by atoms with E-state index >= 15 is 0 Å². The van der Waals surface area contributed by atoms with Crippen molar-refractivity contribution in [1.82, 2.24) is 10.2 Å². The van der Waals surface area contributed by atoms with Crippen molar-refractivity contribution in [1.29, 1.82) is 0 Å². The molecule has 164 valence electrons. The molecule has 6 heteroatoms. The Kier molecular flexibility index (Phi) is 5.81. The summed E-state index contributed by atoms with van der Waals surface area (Å²) in [5, 5.41) is 13.9. The molecule has 0 spiro atoms. The van der Waals surface area contributed by atoms with E-state index in [2.05, 4.69) is 41.4 Å². The van der Waals surface area contributed by atoms with Crippen LogP contribution in [0.2, 0.25) is 0 Å². The number of nitrogens with zero attached hydrogens (tertiary/aromatic N) is 1. The van der Waals surface area contributed by atoms with Gasteiger partial charge in [-0.3, -0.25) is 4.79 Å². The first-order valence-corrected chi connectivity index (χ1v) is 12.1. The third-order valence-electron chi connectivity index (χ3n) is 6.41. The fourth-order valence-corrected chi connectivity index (χ4v) is 5.59. The Morgan fingerprint density at radius 1 is 1.16 bits per heavy atom. The fourth-order valence-electron chi connectivity index (χ4n) is 4.47. The van der Waals surface area contributed by atoms with Gasteiger partial charge in [0.1, 0.15) is 16.3 Å². The molecule has 5 rings (SSSR count). The van der Waals surface area contributed by atoms with Crippen molar-refractivity contribution >= 4 is 23.5 Å². The molecule has 0 radical (unpaired) electrons. The van der Waals surface area contributed by atoms with Gasteiger partial charge in [0.15, 0.2) is 0 Å². The number of carbonyl (C=O) groups excluding carboxylic acids is 1. The number of hydrogen-bond acceptors (Lipinski definition) is 5. The lowest BCUT2D eigenvalue weighted by molar-refractivity contribution is -0.134. The van der Waals surface area contributed by atoms with Crippen molar-refractivity contribution < 1.29 is 14.7 Å². The van der Waals surface area contributed by atoms with Gasteiger partial charge in [-0.1, -0.05) is 85.0 Å². The van der Waals surface area contributed by atoms with Crippen LogP contribution in [-0.2, 0) is 9.59 Å². The molecule has 2 N–H and O–H groups in total. The Labute approximate surface area is 192 Å². The molecule has 4 aliphatic rings. The first-order chi connectivity index (χ1) is 15.6. The molecule has 1 aromatic rings. The summed E-state index contributed by atoms with van der Waals surface area (Å²) in [5.41, 5.74) is 4.46. The van der Waals surface area contributed by atoms with Gasteiger partial charge in [0.2, 0.25) is 5.78 Å². The lowest BCUT2D eigenvalue weighted by Crippen LogP contribution is -2.33. The van der Waals surface area contributed by atoms with E-state index in [1.807, 2.05) is 29.2 Å². The summed E-state index contributed by atoms with van der Waals surface area (Å²) in [6.45, 7) is 0.572. The number of benzene rings is 1. The lowest BCUT2D eigenvalue weighted by atomic mass is 9.83. The molecule has 1 aromatic carbocycles. The summed E-state index contributed by atoms with van der Waals surface area (Å²) in [7, 11) is 0. The van der Waals surface area contributed by atoms with E-state index in [1.165, 1.54) is 24.6 Å². The number of nitrogens with one attached hydrogen (secondary N) is 1. The van der Waals surface area contributed by atoms with Crippen LogP contribution in [0.4, 0.5) is 0 Å². The van der Waals surface area contributed by atoms with Crippen molar-refractivity contribution in [2.45, 2.75) is 37.0 Å². The number of rotatable bonds is 7. The van der Waals surface area contributed by atoms with E-state index in [4.69, 9.17) is 0 Å². The number of ketones is 1. The summed E-state index contributed by atoms with van der Waals surface area (Å²) in [4.78, 5) is 26.8. The predicted octanol–water partition coefficient (Wildman–Crippen LogP) is 4.54. The van der Waals surface area contributed by atoms with Gasteiger partial charge in [-0.25, -0.2) is 4.79 Å². The van der Waals surface area contributed by atoms with Gasteiger partial charge in [-0.2, -0.15) is 0 Å². The van der Waals surface area contributed by atoms with Crippen LogP contribution in [0.1, 0.15) is 37.2 Å². The SMILES string of the molecule is O=C(O)C1=CN(CC2C=CC=CC2c2ccccc2)C2=C=C(NC(CCC3CC3)S2)C1=O. The minimum Gasteiger partial charge on any atom is -0.477 e. The molecule has 0 saturated heterocycles. The number of carbonyl (C=O) groups is 2. The summed E-state index contributed by atoms with van der Waals surface area (Å²) >= 11 is 1.65. The lowest BCUT2D eigenvalue weighted by Gasteiger charge is -2.32. The van der Waals surface area contributed by atoms with Gasteiger partial charge < -0.3 is 15.3 Å². The zero-order valence-corrected chi connectivity index (χ0v) is 18.6. The van der Waals surface area contributed by atoms with Crippen LogP contribution in [0, 0.1) is 11.8 Å². The van der Waals surface area contributed by atoms with Crippen LogP contribution in [-0.4, -0.2) is 33.7 Å². The molecule has 0 amide bonds. The number of hydrogen-bond donors (Lipinski definition) is 2. The number of carboxylic acid groups (broad SMARTS) is 1. The highest BCUT2D eigenvalue weighted by molar-refractivity contribution is 8.03. The minimum absolute atomic E-state index is 0.0570. The summed E-state index contributed by atoms with van der Waals surface area (Å²) < 4.78 is 0. The fraction of sp³-hybridized carbons (Fsp3) is 0.346. The van der Waals surface area contributed by atoms with E-state index in [1.54, 1.807) is 11.8 Å². The van der Waals surface area contributed by atoms with Gasteiger partial charge >= 0.3 is 5.97 Å². The van der Waals surface area contributed by atoms with Crippen LogP contribution >= 0.6 is 11.8 Å². The second-order valence-corrected chi connectivity index (χ2v) is 9.97.